The van der Waals surface area contributed by atoms with Crippen LogP contribution in [0.5, 0.6) is 0 Å². The van der Waals surface area contributed by atoms with Crippen molar-refractivity contribution in [2.45, 2.75) is 76.3 Å². The summed E-state index contributed by atoms with van der Waals surface area (Å²) in [6, 6.07) is -0.206. The average Bonchev–Trinajstić information content (AvgIpc) is 2.38. The van der Waals surface area contributed by atoms with Gasteiger partial charge in [0.1, 0.15) is 0 Å². The van der Waals surface area contributed by atoms with Crippen molar-refractivity contribution < 1.29 is 21.4 Å². The first-order chi connectivity index (χ1) is 9.80. The molecule has 2 rings (SSSR count). The Kier molecular flexibility index (Phi) is 5.67. The van der Waals surface area contributed by atoms with Crippen molar-refractivity contribution in [2.75, 3.05) is 5.08 Å². The summed E-state index contributed by atoms with van der Waals surface area (Å²) in [4.78, 5) is 0. The summed E-state index contributed by atoms with van der Waals surface area (Å²) in [5, 5.41) is -1.19. The van der Waals surface area contributed by atoms with Crippen molar-refractivity contribution >= 4 is 20.1 Å². The van der Waals surface area contributed by atoms with Crippen LogP contribution in [0, 0.1) is 0 Å². The molecule has 0 atom stereocenters. The Morgan fingerprint density at radius 2 is 1.14 bits per heavy atom. The molecule has 0 aromatic rings. The lowest BCUT2D eigenvalue weighted by Gasteiger charge is -2.40. The normalized spacial score (nSPS) is 23.5. The second kappa shape index (κ2) is 6.93. The minimum absolute atomic E-state index is 0.103. The Morgan fingerprint density at radius 3 is 1.48 bits per heavy atom. The maximum atomic E-state index is 12.5. The van der Waals surface area contributed by atoms with Gasteiger partial charge in [-0.25, -0.2) is 8.42 Å². The maximum absolute atomic E-state index is 12.5. The van der Waals surface area contributed by atoms with E-state index in [9.17, 15) is 16.8 Å². The van der Waals surface area contributed by atoms with E-state index in [-0.39, 0.29) is 12.1 Å². The van der Waals surface area contributed by atoms with Crippen LogP contribution in [-0.2, 0) is 20.1 Å². The van der Waals surface area contributed by atoms with E-state index in [1.165, 1.54) is 4.31 Å². The zero-order valence-electron chi connectivity index (χ0n) is 12.3. The van der Waals surface area contributed by atoms with Crippen LogP contribution in [0.1, 0.15) is 64.2 Å². The Hall–Kier alpha value is -0.180. The van der Waals surface area contributed by atoms with Crippen LogP contribution >= 0.6 is 0 Å². The molecule has 2 aliphatic carbocycles. The Morgan fingerprint density at radius 1 is 0.762 bits per heavy atom. The minimum Gasteiger partial charge on any atom is -0.285 e. The van der Waals surface area contributed by atoms with Gasteiger partial charge in [0, 0.05) is 12.1 Å². The fraction of sp³-hybridized carbons (Fsp3) is 1.00. The number of rotatable bonds is 5. The summed E-state index contributed by atoms with van der Waals surface area (Å²) in [6.45, 7) is 0. The highest BCUT2D eigenvalue weighted by molar-refractivity contribution is 8.04. The highest BCUT2D eigenvalue weighted by Crippen LogP contribution is 2.32. The summed E-state index contributed by atoms with van der Waals surface area (Å²) >= 11 is 0. The van der Waals surface area contributed by atoms with Gasteiger partial charge in [0.05, 0.1) is 0 Å². The molecule has 8 heteroatoms. The highest BCUT2D eigenvalue weighted by Gasteiger charge is 2.39. The molecule has 0 bridgehead atoms. The van der Waals surface area contributed by atoms with Gasteiger partial charge in [-0.05, 0) is 25.7 Å². The fourth-order valence-corrected chi connectivity index (χ4v) is 7.00. The van der Waals surface area contributed by atoms with Crippen LogP contribution in [0.15, 0.2) is 0 Å². The van der Waals surface area contributed by atoms with E-state index in [2.05, 4.69) is 0 Å². The standard InChI is InChI=1S/C13H25NO5S2/c15-20(16,11-21(17,18)19)14(12-7-3-1-4-8-12)13-9-5-2-6-10-13/h12-13H,1-11H2,(H,17,18,19). The molecule has 0 unspecified atom stereocenters. The van der Waals surface area contributed by atoms with Crippen molar-refractivity contribution in [3.8, 4) is 0 Å². The van der Waals surface area contributed by atoms with Crippen molar-refractivity contribution in [3.05, 3.63) is 0 Å². The van der Waals surface area contributed by atoms with Crippen molar-refractivity contribution in [1.29, 1.82) is 0 Å². The molecule has 0 radical (unpaired) electrons. The third-order valence-corrected chi connectivity index (χ3v) is 8.11. The van der Waals surface area contributed by atoms with Crippen molar-refractivity contribution in [1.82, 2.24) is 4.31 Å². The Labute approximate surface area is 127 Å². The molecule has 0 aliphatic heterocycles. The zero-order chi connectivity index (χ0) is 15.5. The molecule has 0 heterocycles. The summed E-state index contributed by atoms with van der Waals surface area (Å²) in [7, 11) is -8.52. The first-order valence-electron chi connectivity index (χ1n) is 7.76. The first-order valence-corrected chi connectivity index (χ1v) is 11.0. The van der Waals surface area contributed by atoms with E-state index in [1.54, 1.807) is 0 Å². The molecular formula is C13H25NO5S2. The van der Waals surface area contributed by atoms with Crippen molar-refractivity contribution in [3.63, 3.8) is 0 Å². The average molecular weight is 339 g/mol. The third kappa shape index (κ3) is 4.91. The molecule has 0 amide bonds. The van der Waals surface area contributed by atoms with Gasteiger partial charge in [0.2, 0.25) is 10.0 Å². The molecule has 2 fully saturated rings. The minimum atomic E-state index is -4.53. The number of hydrogen-bond acceptors (Lipinski definition) is 4. The molecule has 1 N–H and O–H groups in total. The van der Waals surface area contributed by atoms with Gasteiger partial charge in [-0.2, -0.15) is 12.7 Å². The Bertz CT molecular complexity index is 513. The molecular weight excluding hydrogens is 314 g/mol. The predicted octanol–water partition coefficient (Wildman–Crippen LogP) is 2.13. The van der Waals surface area contributed by atoms with E-state index < -0.39 is 25.2 Å². The lowest BCUT2D eigenvalue weighted by atomic mass is 9.91. The van der Waals surface area contributed by atoms with E-state index in [1.807, 2.05) is 0 Å². The molecule has 0 aromatic heterocycles. The van der Waals surface area contributed by atoms with Gasteiger partial charge in [-0.3, -0.25) is 4.55 Å². The molecule has 6 nitrogen and oxygen atoms in total. The molecule has 124 valence electrons. The molecule has 2 saturated carbocycles. The van der Waals surface area contributed by atoms with Crippen LogP contribution in [0.2, 0.25) is 0 Å². The summed E-state index contributed by atoms with van der Waals surface area (Å²) in [5.41, 5.74) is 0. The monoisotopic (exact) mass is 339 g/mol. The number of nitrogens with zero attached hydrogens (tertiary/aromatic N) is 1. The smallest absolute Gasteiger partial charge is 0.280 e. The summed E-state index contributed by atoms with van der Waals surface area (Å²) in [6.07, 6.45) is 9.31. The van der Waals surface area contributed by atoms with Crippen LogP contribution in [0.3, 0.4) is 0 Å². The second-order valence-corrected chi connectivity index (χ2v) is 9.92. The van der Waals surface area contributed by atoms with E-state index in [0.717, 1.165) is 64.2 Å². The predicted molar refractivity (Wildman–Crippen MR) is 80.9 cm³/mol. The largest absolute Gasteiger partial charge is 0.285 e. The van der Waals surface area contributed by atoms with Gasteiger partial charge in [0.15, 0.2) is 5.08 Å². The van der Waals surface area contributed by atoms with Gasteiger partial charge >= 0.3 is 0 Å². The number of sulfonamides is 1. The van der Waals surface area contributed by atoms with Gasteiger partial charge in [0.25, 0.3) is 10.1 Å². The van der Waals surface area contributed by atoms with Crippen LogP contribution in [0.4, 0.5) is 0 Å². The lowest BCUT2D eigenvalue weighted by Crippen LogP contribution is -2.50. The molecule has 0 saturated heterocycles. The molecule has 2 aliphatic rings. The second-order valence-electron chi connectivity index (χ2n) is 6.23. The SMILES string of the molecule is O=S(=O)(O)CS(=O)(=O)N(C1CCCCC1)C1CCCCC1. The molecule has 0 aromatic carbocycles. The quantitative estimate of drug-likeness (QED) is 0.775. The lowest BCUT2D eigenvalue weighted by molar-refractivity contribution is 0.170. The van der Waals surface area contributed by atoms with E-state index >= 15 is 0 Å². The summed E-state index contributed by atoms with van der Waals surface area (Å²) in [5.74, 6) is 0. The zero-order valence-corrected chi connectivity index (χ0v) is 13.9. The topological polar surface area (TPSA) is 91.7 Å². The number of hydrogen-bond donors (Lipinski definition) is 1. The van der Waals surface area contributed by atoms with Crippen LogP contribution in [0.25, 0.3) is 0 Å². The first kappa shape index (κ1) is 17.2. The van der Waals surface area contributed by atoms with Gasteiger partial charge in [-0.1, -0.05) is 38.5 Å². The van der Waals surface area contributed by atoms with Crippen molar-refractivity contribution in [2.24, 2.45) is 0 Å². The fourth-order valence-electron chi connectivity index (χ4n) is 3.67. The van der Waals surface area contributed by atoms with Crippen LogP contribution in [-0.4, -0.2) is 42.9 Å². The maximum Gasteiger partial charge on any atom is 0.280 e. The van der Waals surface area contributed by atoms with Crippen LogP contribution < -0.4 is 0 Å². The van der Waals surface area contributed by atoms with Gasteiger partial charge in [-0.15, -0.1) is 0 Å². The van der Waals surface area contributed by atoms with E-state index in [4.69, 9.17) is 4.55 Å². The highest BCUT2D eigenvalue weighted by atomic mass is 32.3. The molecule has 0 spiro atoms. The molecule has 21 heavy (non-hydrogen) atoms. The van der Waals surface area contributed by atoms with Gasteiger partial charge < -0.3 is 0 Å². The Balaban J connectivity index is 2.25. The third-order valence-electron chi connectivity index (χ3n) is 4.49. The summed E-state index contributed by atoms with van der Waals surface area (Å²) < 4.78 is 57.6. The van der Waals surface area contributed by atoms with E-state index in [0.29, 0.717) is 0 Å².